The molecular weight excluding hydrogens is 392 g/mol. The zero-order chi connectivity index (χ0) is 21.8. The lowest BCUT2D eigenvalue weighted by atomic mass is 10.1. The Balaban J connectivity index is 1.46. The van der Waals surface area contributed by atoms with E-state index in [9.17, 15) is 4.79 Å². The molecule has 1 amide bonds. The quantitative estimate of drug-likeness (QED) is 0.611. The summed E-state index contributed by atoms with van der Waals surface area (Å²) in [7, 11) is 3.45. The molecule has 0 aliphatic carbocycles. The van der Waals surface area contributed by atoms with Crippen molar-refractivity contribution in [2.45, 2.75) is 6.92 Å². The molecule has 4 rings (SSSR count). The Bertz CT molecular complexity index is 1050. The minimum absolute atomic E-state index is 0.00175. The van der Waals surface area contributed by atoms with Crippen LogP contribution in [0.2, 0.25) is 0 Å². The van der Waals surface area contributed by atoms with E-state index in [4.69, 9.17) is 9.47 Å². The lowest BCUT2D eigenvalue weighted by molar-refractivity contribution is 0.0735. The van der Waals surface area contributed by atoms with Crippen molar-refractivity contribution in [1.82, 2.24) is 14.7 Å². The Morgan fingerprint density at radius 3 is 2.55 bits per heavy atom. The fourth-order valence-electron chi connectivity index (χ4n) is 3.90. The lowest BCUT2D eigenvalue weighted by Crippen LogP contribution is -2.49. The van der Waals surface area contributed by atoms with Crippen molar-refractivity contribution in [3.05, 3.63) is 60.3 Å². The number of para-hydroxylation sites is 2. The van der Waals surface area contributed by atoms with Crippen molar-refractivity contribution in [1.29, 1.82) is 0 Å². The van der Waals surface area contributed by atoms with Crippen LogP contribution in [0, 0.1) is 0 Å². The zero-order valence-corrected chi connectivity index (χ0v) is 18.2. The van der Waals surface area contributed by atoms with E-state index in [1.54, 1.807) is 11.8 Å². The number of carbonyl (C=O) groups is 1. The molecule has 0 atom stereocenters. The van der Waals surface area contributed by atoms with Crippen LogP contribution in [-0.2, 0) is 7.05 Å². The highest BCUT2D eigenvalue weighted by Crippen LogP contribution is 2.29. The van der Waals surface area contributed by atoms with Crippen molar-refractivity contribution in [3.8, 4) is 22.8 Å². The number of amides is 1. The number of hydrogen-bond donors (Lipinski definition) is 0. The van der Waals surface area contributed by atoms with E-state index < -0.39 is 0 Å². The number of piperazine rings is 1. The number of aryl methyl sites for hydroxylation is 1. The predicted octanol–water partition coefficient (Wildman–Crippen LogP) is 3.46. The Hall–Kier alpha value is -3.48. The first kappa shape index (κ1) is 20.8. The summed E-state index contributed by atoms with van der Waals surface area (Å²) in [6, 6.07) is 17.6. The molecule has 3 aromatic rings. The fourth-order valence-corrected chi connectivity index (χ4v) is 3.90. The van der Waals surface area contributed by atoms with Crippen LogP contribution in [0.1, 0.15) is 17.4 Å². The van der Waals surface area contributed by atoms with Crippen LogP contribution >= 0.6 is 0 Å². The average Bonchev–Trinajstić information content (AvgIpc) is 3.21. The molecular formula is C24H28N4O3. The molecule has 0 saturated carbocycles. The second-order valence-electron chi connectivity index (χ2n) is 7.45. The summed E-state index contributed by atoms with van der Waals surface area (Å²) >= 11 is 0. The van der Waals surface area contributed by atoms with Gasteiger partial charge in [0.15, 0.2) is 0 Å². The molecule has 0 N–H and O–H groups in total. The van der Waals surface area contributed by atoms with Crippen LogP contribution in [0.3, 0.4) is 0 Å². The van der Waals surface area contributed by atoms with E-state index in [2.05, 4.69) is 16.1 Å². The summed E-state index contributed by atoms with van der Waals surface area (Å²) in [5.74, 6) is 1.65. The average molecular weight is 421 g/mol. The van der Waals surface area contributed by atoms with E-state index in [1.807, 2.05) is 67.4 Å². The van der Waals surface area contributed by atoms with Gasteiger partial charge in [-0.2, -0.15) is 5.10 Å². The van der Waals surface area contributed by atoms with Gasteiger partial charge in [0.25, 0.3) is 5.91 Å². The van der Waals surface area contributed by atoms with Gasteiger partial charge in [-0.25, -0.2) is 0 Å². The molecule has 0 spiro atoms. The number of carbonyl (C=O) groups excluding carboxylic acids is 1. The Morgan fingerprint density at radius 2 is 1.81 bits per heavy atom. The van der Waals surface area contributed by atoms with Crippen molar-refractivity contribution >= 4 is 11.6 Å². The molecule has 1 fully saturated rings. The summed E-state index contributed by atoms with van der Waals surface area (Å²) in [5.41, 5.74) is 3.35. The van der Waals surface area contributed by atoms with Crippen LogP contribution < -0.4 is 14.4 Å². The molecule has 2 heterocycles. The monoisotopic (exact) mass is 420 g/mol. The molecule has 162 valence electrons. The van der Waals surface area contributed by atoms with Gasteiger partial charge in [-0.3, -0.25) is 9.48 Å². The molecule has 0 unspecified atom stereocenters. The van der Waals surface area contributed by atoms with Gasteiger partial charge < -0.3 is 19.3 Å². The van der Waals surface area contributed by atoms with Crippen LogP contribution in [0.4, 0.5) is 5.69 Å². The summed E-state index contributed by atoms with van der Waals surface area (Å²) in [5, 5.41) is 4.55. The van der Waals surface area contributed by atoms with Gasteiger partial charge in [-0.15, -0.1) is 0 Å². The fraction of sp³-hybridized carbons (Fsp3) is 0.333. The minimum atomic E-state index is 0.00175. The number of hydrogen-bond acceptors (Lipinski definition) is 5. The third kappa shape index (κ3) is 4.35. The number of nitrogens with zero attached hydrogens (tertiary/aromatic N) is 4. The third-order valence-corrected chi connectivity index (χ3v) is 5.54. The van der Waals surface area contributed by atoms with E-state index in [0.29, 0.717) is 25.4 Å². The summed E-state index contributed by atoms with van der Waals surface area (Å²) < 4.78 is 12.7. The Labute approximate surface area is 182 Å². The molecule has 7 nitrogen and oxygen atoms in total. The number of ether oxygens (including phenoxy) is 2. The molecule has 1 aliphatic heterocycles. The van der Waals surface area contributed by atoms with Gasteiger partial charge in [0.05, 0.1) is 25.1 Å². The maximum Gasteiger partial charge on any atom is 0.272 e. The molecule has 0 radical (unpaired) electrons. The number of methoxy groups -OCH3 is 1. The molecule has 31 heavy (non-hydrogen) atoms. The third-order valence-electron chi connectivity index (χ3n) is 5.54. The van der Waals surface area contributed by atoms with E-state index >= 15 is 0 Å². The smallest absolute Gasteiger partial charge is 0.272 e. The summed E-state index contributed by atoms with van der Waals surface area (Å²) in [6.07, 6.45) is 0. The topological polar surface area (TPSA) is 59.8 Å². The second kappa shape index (κ2) is 9.12. The SMILES string of the molecule is CCOc1ccccc1N1CCN(C(=O)c2cc(-c3cccc(OC)c3)nn2C)CC1. The maximum absolute atomic E-state index is 13.2. The molecule has 1 saturated heterocycles. The second-order valence-corrected chi connectivity index (χ2v) is 7.45. The van der Waals surface area contributed by atoms with Gasteiger partial charge in [-0.05, 0) is 37.3 Å². The molecule has 7 heteroatoms. The predicted molar refractivity (Wildman–Crippen MR) is 121 cm³/mol. The largest absolute Gasteiger partial charge is 0.497 e. The molecule has 2 aromatic carbocycles. The van der Waals surface area contributed by atoms with Crippen molar-refractivity contribution in [3.63, 3.8) is 0 Å². The number of rotatable bonds is 6. The lowest BCUT2D eigenvalue weighted by Gasteiger charge is -2.36. The van der Waals surface area contributed by atoms with E-state index in [-0.39, 0.29) is 5.91 Å². The first-order valence-electron chi connectivity index (χ1n) is 10.5. The normalized spacial score (nSPS) is 13.9. The van der Waals surface area contributed by atoms with Gasteiger partial charge >= 0.3 is 0 Å². The minimum Gasteiger partial charge on any atom is -0.497 e. The molecule has 0 bridgehead atoms. The maximum atomic E-state index is 13.2. The number of anilines is 1. The van der Waals surface area contributed by atoms with Gasteiger partial charge in [0, 0.05) is 38.8 Å². The van der Waals surface area contributed by atoms with Crippen LogP contribution in [-0.4, -0.2) is 60.5 Å². The van der Waals surface area contributed by atoms with Crippen molar-refractivity contribution < 1.29 is 14.3 Å². The van der Waals surface area contributed by atoms with Crippen molar-refractivity contribution in [2.75, 3.05) is 44.8 Å². The Kier molecular flexibility index (Phi) is 6.11. The van der Waals surface area contributed by atoms with E-state index in [0.717, 1.165) is 41.5 Å². The first-order chi connectivity index (χ1) is 15.1. The standard InChI is InChI=1S/C24H28N4O3/c1-4-31-23-11-6-5-10-21(23)27-12-14-28(15-13-27)24(29)22-17-20(25-26(22)2)18-8-7-9-19(16-18)30-3/h5-11,16-17H,4,12-15H2,1-3H3. The van der Waals surface area contributed by atoms with Crippen LogP contribution in [0.5, 0.6) is 11.5 Å². The highest BCUT2D eigenvalue weighted by molar-refractivity contribution is 5.94. The zero-order valence-electron chi connectivity index (χ0n) is 18.2. The molecule has 1 aromatic heterocycles. The summed E-state index contributed by atoms with van der Waals surface area (Å²) in [4.78, 5) is 17.4. The summed E-state index contributed by atoms with van der Waals surface area (Å²) in [6.45, 7) is 5.44. The van der Waals surface area contributed by atoms with Gasteiger partial charge in [0.1, 0.15) is 17.2 Å². The van der Waals surface area contributed by atoms with Crippen LogP contribution in [0.25, 0.3) is 11.3 Å². The highest BCUT2D eigenvalue weighted by Gasteiger charge is 2.26. The van der Waals surface area contributed by atoms with Gasteiger partial charge in [-0.1, -0.05) is 24.3 Å². The Morgan fingerprint density at radius 1 is 1.03 bits per heavy atom. The van der Waals surface area contributed by atoms with Crippen LogP contribution in [0.15, 0.2) is 54.6 Å². The first-order valence-corrected chi connectivity index (χ1v) is 10.5. The molecule has 1 aliphatic rings. The number of aromatic nitrogens is 2. The number of benzene rings is 2. The van der Waals surface area contributed by atoms with Crippen molar-refractivity contribution in [2.24, 2.45) is 7.05 Å². The highest BCUT2D eigenvalue weighted by atomic mass is 16.5. The van der Waals surface area contributed by atoms with Gasteiger partial charge in [0.2, 0.25) is 0 Å². The van der Waals surface area contributed by atoms with E-state index in [1.165, 1.54) is 0 Å².